The molecule has 2 bridgehead atoms. The molecule has 1 saturated heterocycles. The number of fused-ring (bicyclic) bond motifs is 5. The third kappa shape index (κ3) is 2.73. The normalized spacial score (nSPS) is 26.5. The highest BCUT2D eigenvalue weighted by atomic mass is 16.3. The average molecular weight is 412 g/mol. The van der Waals surface area contributed by atoms with Crippen molar-refractivity contribution in [2.45, 2.75) is 13.3 Å². The summed E-state index contributed by atoms with van der Waals surface area (Å²) in [6.07, 6.45) is 8.40. The van der Waals surface area contributed by atoms with Crippen LogP contribution in [-0.2, 0) is 9.59 Å². The number of carbonyl (C=O) groups excluding carboxylic acids is 2. The van der Waals surface area contributed by atoms with Gasteiger partial charge in [-0.05, 0) is 49.4 Å². The molecule has 2 aliphatic carbocycles. The van der Waals surface area contributed by atoms with Gasteiger partial charge >= 0.3 is 0 Å². The van der Waals surface area contributed by atoms with E-state index in [0.717, 1.165) is 22.9 Å². The van der Waals surface area contributed by atoms with Gasteiger partial charge < -0.3 is 4.42 Å². The molecule has 6 rings (SSSR count). The van der Waals surface area contributed by atoms with Gasteiger partial charge in [0.05, 0.1) is 23.7 Å². The number of imide groups is 1. The van der Waals surface area contributed by atoms with E-state index in [9.17, 15) is 9.59 Å². The third-order valence-corrected chi connectivity index (χ3v) is 6.50. The Morgan fingerprint density at radius 1 is 1.03 bits per heavy atom. The van der Waals surface area contributed by atoms with E-state index >= 15 is 0 Å². The first kappa shape index (κ1) is 18.1. The Kier molecular flexibility index (Phi) is 3.86. The second-order valence-electron chi connectivity index (χ2n) is 8.36. The Labute approximate surface area is 178 Å². The molecule has 1 aromatic carbocycles. The van der Waals surface area contributed by atoms with Crippen molar-refractivity contribution in [3.63, 3.8) is 0 Å². The van der Waals surface area contributed by atoms with Gasteiger partial charge in [-0.1, -0.05) is 30.4 Å². The molecular weight excluding hydrogens is 392 g/mol. The molecule has 7 nitrogen and oxygen atoms in total. The van der Waals surface area contributed by atoms with Gasteiger partial charge in [0.15, 0.2) is 5.76 Å². The van der Waals surface area contributed by atoms with E-state index in [0.29, 0.717) is 17.0 Å². The lowest BCUT2D eigenvalue weighted by atomic mass is 9.85. The van der Waals surface area contributed by atoms with Gasteiger partial charge in [-0.2, -0.15) is 15.2 Å². The van der Waals surface area contributed by atoms with Crippen molar-refractivity contribution in [1.82, 2.24) is 14.8 Å². The second kappa shape index (κ2) is 6.63. The fourth-order valence-corrected chi connectivity index (χ4v) is 5.07. The molecule has 7 heteroatoms. The first-order valence-electron chi connectivity index (χ1n) is 10.4. The topological polar surface area (TPSA) is 80.7 Å². The van der Waals surface area contributed by atoms with Crippen LogP contribution in [0.1, 0.15) is 17.7 Å². The number of aryl methyl sites for hydroxylation is 1. The Hall–Kier alpha value is -3.74. The monoisotopic (exact) mass is 412 g/mol. The maximum atomic E-state index is 12.9. The number of hydrazone groups is 1. The highest BCUT2D eigenvalue weighted by molar-refractivity contribution is 6.07. The minimum absolute atomic E-state index is 0.161. The third-order valence-electron chi connectivity index (χ3n) is 6.50. The molecule has 3 heterocycles. The van der Waals surface area contributed by atoms with Crippen LogP contribution in [-0.4, -0.2) is 32.8 Å². The van der Waals surface area contributed by atoms with Crippen LogP contribution < -0.4 is 0 Å². The minimum Gasteiger partial charge on any atom is -0.460 e. The molecule has 154 valence electrons. The van der Waals surface area contributed by atoms with Gasteiger partial charge in [0.1, 0.15) is 11.5 Å². The Balaban J connectivity index is 1.36. The Morgan fingerprint density at radius 3 is 2.39 bits per heavy atom. The number of benzene rings is 1. The number of allylic oxidation sites excluding steroid dienone is 2. The predicted molar refractivity (Wildman–Crippen MR) is 113 cm³/mol. The van der Waals surface area contributed by atoms with Crippen LogP contribution in [0, 0.1) is 30.6 Å². The van der Waals surface area contributed by atoms with Crippen LogP contribution in [0.3, 0.4) is 0 Å². The first-order valence-corrected chi connectivity index (χ1v) is 10.4. The molecule has 31 heavy (non-hydrogen) atoms. The number of hydrogen-bond acceptors (Lipinski definition) is 5. The number of carbonyl (C=O) groups is 2. The van der Waals surface area contributed by atoms with Crippen LogP contribution in [0.2, 0.25) is 0 Å². The second-order valence-corrected chi connectivity index (χ2v) is 8.36. The number of furan rings is 1. The lowest BCUT2D eigenvalue weighted by molar-refractivity contribution is -0.140. The van der Waals surface area contributed by atoms with Crippen molar-refractivity contribution >= 4 is 18.0 Å². The van der Waals surface area contributed by atoms with Crippen molar-refractivity contribution in [1.29, 1.82) is 0 Å². The molecular formula is C24H20N4O3. The van der Waals surface area contributed by atoms with Crippen molar-refractivity contribution in [3.8, 4) is 17.1 Å². The van der Waals surface area contributed by atoms with E-state index in [-0.39, 0.29) is 35.5 Å². The summed E-state index contributed by atoms with van der Waals surface area (Å²) in [5.41, 5.74) is 2.15. The molecule has 0 spiro atoms. The number of rotatable bonds is 4. The van der Waals surface area contributed by atoms with E-state index in [1.54, 1.807) is 4.68 Å². The summed E-state index contributed by atoms with van der Waals surface area (Å²) in [5.74, 6) is 0.767. The van der Waals surface area contributed by atoms with Gasteiger partial charge in [-0.25, -0.2) is 4.68 Å². The smallest absolute Gasteiger partial charge is 0.254 e. The van der Waals surface area contributed by atoms with Crippen LogP contribution >= 0.6 is 0 Å². The molecule has 0 radical (unpaired) electrons. The highest BCUT2D eigenvalue weighted by Crippen LogP contribution is 2.52. The number of amides is 2. The van der Waals surface area contributed by atoms with Gasteiger partial charge in [0.25, 0.3) is 11.8 Å². The molecule has 1 saturated carbocycles. The van der Waals surface area contributed by atoms with Crippen molar-refractivity contribution in [2.24, 2.45) is 28.8 Å². The zero-order chi connectivity index (χ0) is 21.1. The maximum Gasteiger partial charge on any atom is 0.254 e. The van der Waals surface area contributed by atoms with Gasteiger partial charge in [0, 0.05) is 11.8 Å². The van der Waals surface area contributed by atoms with Gasteiger partial charge in [-0.15, -0.1) is 0 Å². The lowest BCUT2D eigenvalue weighted by Crippen LogP contribution is -2.28. The summed E-state index contributed by atoms with van der Waals surface area (Å²) >= 11 is 0. The maximum absolute atomic E-state index is 12.9. The molecule has 3 aliphatic rings. The first-order chi connectivity index (χ1) is 15.1. The molecule has 4 atom stereocenters. The van der Waals surface area contributed by atoms with E-state index in [1.807, 2.05) is 55.6 Å². The number of para-hydroxylation sites is 1. The van der Waals surface area contributed by atoms with E-state index in [1.165, 1.54) is 6.21 Å². The van der Waals surface area contributed by atoms with Crippen molar-refractivity contribution in [2.75, 3.05) is 0 Å². The lowest BCUT2D eigenvalue weighted by Gasteiger charge is -2.13. The van der Waals surface area contributed by atoms with E-state index < -0.39 is 0 Å². The van der Waals surface area contributed by atoms with Crippen molar-refractivity contribution < 1.29 is 14.0 Å². The zero-order valence-corrected chi connectivity index (χ0v) is 16.9. The Bertz CT molecular complexity index is 1220. The highest BCUT2D eigenvalue weighted by Gasteiger charge is 2.59. The summed E-state index contributed by atoms with van der Waals surface area (Å²) in [5, 5.41) is 10.0. The fraction of sp³-hybridized carbons (Fsp3) is 0.250. The molecule has 2 amide bonds. The summed E-state index contributed by atoms with van der Waals surface area (Å²) in [4.78, 5) is 25.8. The molecule has 3 aromatic rings. The number of hydrogen-bond donors (Lipinski definition) is 0. The SMILES string of the molecule is Cc1ccc(-c2nn(-c3ccccc3)cc2/C=N\N2C(=O)[C@H]3[C@H](C2=O)[C@H]2C=C[C@H]3C2)o1. The van der Waals surface area contributed by atoms with Gasteiger partial charge in [0.2, 0.25) is 0 Å². The van der Waals surface area contributed by atoms with Crippen LogP contribution in [0.25, 0.3) is 17.1 Å². The zero-order valence-electron chi connectivity index (χ0n) is 16.9. The number of aromatic nitrogens is 2. The van der Waals surface area contributed by atoms with Crippen molar-refractivity contribution in [3.05, 3.63) is 72.1 Å². The van der Waals surface area contributed by atoms with Crippen LogP contribution in [0.15, 0.2) is 70.3 Å². The molecule has 1 aliphatic heterocycles. The summed E-state index contributed by atoms with van der Waals surface area (Å²) in [6.45, 7) is 1.87. The van der Waals surface area contributed by atoms with E-state index in [4.69, 9.17) is 4.42 Å². The molecule has 0 N–H and O–H groups in total. The average Bonchev–Trinajstić information content (AvgIpc) is 3.58. The quantitative estimate of drug-likeness (QED) is 0.373. The summed E-state index contributed by atoms with van der Waals surface area (Å²) < 4.78 is 7.51. The standard InChI is InChI=1S/C24H20N4O3/c1-14-7-10-19(31-14)22-17(13-27(26-22)18-5-3-2-4-6-18)12-25-28-23(29)20-15-8-9-16(11-15)21(20)24(28)30/h2-10,12-13,15-16,20-21H,11H2,1H3/b25-12-/t15-,16-,20+,21+/m0/s1. The van der Waals surface area contributed by atoms with Gasteiger partial charge in [-0.3, -0.25) is 9.59 Å². The number of nitrogens with zero attached hydrogens (tertiary/aromatic N) is 4. The molecule has 0 unspecified atom stereocenters. The van der Waals surface area contributed by atoms with Crippen LogP contribution in [0.4, 0.5) is 0 Å². The van der Waals surface area contributed by atoms with Crippen LogP contribution in [0.5, 0.6) is 0 Å². The Morgan fingerprint density at radius 2 is 1.74 bits per heavy atom. The van der Waals surface area contributed by atoms with E-state index in [2.05, 4.69) is 22.4 Å². The molecule has 2 aromatic heterocycles. The summed E-state index contributed by atoms with van der Waals surface area (Å²) in [7, 11) is 0. The minimum atomic E-state index is -0.265. The predicted octanol–water partition coefficient (Wildman–Crippen LogP) is 3.58. The summed E-state index contributed by atoms with van der Waals surface area (Å²) in [6, 6.07) is 13.4. The fourth-order valence-electron chi connectivity index (χ4n) is 5.07. The molecule has 2 fully saturated rings. The largest absolute Gasteiger partial charge is 0.460 e.